The molecule has 5 heteroatoms. The Morgan fingerprint density at radius 3 is 2.19 bits per heavy atom. The lowest BCUT2D eigenvalue weighted by Gasteiger charge is -2.14. The molecule has 160 valence electrons. The van der Waals surface area contributed by atoms with E-state index in [2.05, 4.69) is 11.4 Å². The van der Waals surface area contributed by atoms with E-state index in [0.29, 0.717) is 17.1 Å². The molecule has 0 amide bonds. The number of ketones is 2. The Morgan fingerprint density at radius 2 is 1.53 bits per heavy atom. The van der Waals surface area contributed by atoms with E-state index in [1.54, 1.807) is 29.5 Å². The summed E-state index contributed by atoms with van der Waals surface area (Å²) in [5.74, 6) is -0.261. The highest BCUT2D eigenvalue weighted by Crippen LogP contribution is 2.38. The molecule has 0 saturated carbocycles. The van der Waals surface area contributed by atoms with Crippen LogP contribution in [0.2, 0.25) is 0 Å². The summed E-state index contributed by atoms with van der Waals surface area (Å²) in [6, 6.07) is 22.1. The Hall–Kier alpha value is -3.70. The molecule has 1 heterocycles. The fraction of sp³-hybridized carbons (Fsp3) is 0.111. The molecule has 3 aromatic carbocycles. The van der Waals surface area contributed by atoms with Gasteiger partial charge in [0.25, 0.3) is 0 Å². The molecule has 0 bridgehead atoms. The molecule has 0 aliphatic rings. The van der Waals surface area contributed by atoms with Crippen LogP contribution < -0.4 is 9.47 Å². The van der Waals surface area contributed by atoms with Gasteiger partial charge in [0.1, 0.15) is 0 Å². The number of hydrogen-bond donors (Lipinski definition) is 0. The summed E-state index contributed by atoms with van der Waals surface area (Å²) in [6.45, 7) is 2.04. The maximum atomic E-state index is 13.5. The number of Topliss-reactive ketones (excluding diaryl/α,β-unsaturated/α-hetero) is 2. The van der Waals surface area contributed by atoms with E-state index in [0.717, 1.165) is 27.1 Å². The number of hydrogen-bond acceptors (Lipinski definition) is 5. The van der Waals surface area contributed by atoms with E-state index in [1.807, 2.05) is 49.4 Å². The third-order valence-corrected chi connectivity index (χ3v) is 6.30. The molecule has 0 saturated heterocycles. The van der Waals surface area contributed by atoms with Crippen LogP contribution in [-0.4, -0.2) is 25.8 Å². The van der Waals surface area contributed by atoms with Crippen LogP contribution in [0.4, 0.5) is 0 Å². The Balaban J connectivity index is 1.85. The van der Waals surface area contributed by atoms with Crippen LogP contribution in [0.1, 0.15) is 26.3 Å². The van der Waals surface area contributed by atoms with Gasteiger partial charge in [0, 0.05) is 27.1 Å². The van der Waals surface area contributed by atoms with Gasteiger partial charge in [-0.15, -0.1) is 11.3 Å². The van der Waals surface area contributed by atoms with Crippen LogP contribution in [0.3, 0.4) is 0 Å². The van der Waals surface area contributed by atoms with Crippen LogP contribution in [-0.2, 0) is 0 Å². The monoisotopic (exact) mass is 442 g/mol. The summed E-state index contributed by atoms with van der Waals surface area (Å²) in [7, 11) is 3.02. The van der Waals surface area contributed by atoms with Gasteiger partial charge in [0.05, 0.1) is 14.2 Å². The van der Waals surface area contributed by atoms with Crippen molar-refractivity contribution in [1.82, 2.24) is 0 Å². The van der Waals surface area contributed by atoms with E-state index in [9.17, 15) is 9.59 Å². The van der Waals surface area contributed by atoms with Crippen LogP contribution >= 0.6 is 11.3 Å². The van der Waals surface area contributed by atoms with Crippen molar-refractivity contribution < 1.29 is 19.1 Å². The third-order valence-electron chi connectivity index (χ3n) is 5.22. The van der Waals surface area contributed by atoms with Crippen molar-refractivity contribution in [3.63, 3.8) is 0 Å². The molecule has 0 unspecified atom stereocenters. The number of methoxy groups -OCH3 is 2. The first-order valence-corrected chi connectivity index (χ1v) is 11.0. The van der Waals surface area contributed by atoms with E-state index in [4.69, 9.17) is 9.47 Å². The van der Waals surface area contributed by atoms with E-state index >= 15 is 0 Å². The fourth-order valence-corrected chi connectivity index (χ4v) is 4.60. The zero-order valence-electron chi connectivity index (χ0n) is 18.0. The number of rotatable bonds is 7. The molecule has 4 rings (SSSR count). The van der Waals surface area contributed by atoms with E-state index < -0.39 is 11.6 Å². The molecule has 4 nitrogen and oxygen atoms in total. The second kappa shape index (κ2) is 9.20. The largest absolute Gasteiger partial charge is 0.493 e. The van der Waals surface area contributed by atoms with Crippen LogP contribution in [0.15, 0.2) is 78.2 Å². The molecule has 0 aliphatic heterocycles. The summed E-state index contributed by atoms with van der Waals surface area (Å²) in [5.41, 5.74) is 4.36. The van der Waals surface area contributed by atoms with Gasteiger partial charge in [-0.1, -0.05) is 48.5 Å². The van der Waals surface area contributed by atoms with Gasteiger partial charge < -0.3 is 9.47 Å². The topological polar surface area (TPSA) is 52.6 Å². The highest BCUT2D eigenvalue weighted by molar-refractivity contribution is 7.13. The Bertz CT molecular complexity index is 1290. The molecule has 32 heavy (non-hydrogen) atoms. The second-order valence-electron chi connectivity index (χ2n) is 7.31. The molecule has 0 spiro atoms. The van der Waals surface area contributed by atoms with Crippen molar-refractivity contribution in [3.8, 4) is 33.1 Å². The average Bonchev–Trinajstić information content (AvgIpc) is 3.28. The number of carbonyl (C=O) groups excluding carboxylic acids is 2. The van der Waals surface area contributed by atoms with Gasteiger partial charge in [-0.05, 0) is 47.7 Å². The number of benzene rings is 3. The van der Waals surface area contributed by atoms with Crippen molar-refractivity contribution >= 4 is 22.9 Å². The third kappa shape index (κ3) is 4.07. The van der Waals surface area contributed by atoms with E-state index in [1.165, 1.54) is 20.3 Å². The average molecular weight is 443 g/mol. The minimum Gasteiger partial charge on any atom is -0.493 e. The number of ether oxygens (including phenoxy) is 2. The fourth-order valence-electron chi connectivity index (χ4n) is 3.67. The first-order chi connectivity index (χ1) is 15.5. The second-order valence-corrected chi connectivity index (χ2v) is 8.22. The molecular weight excluding hydrogens is 420 g/mol. The molecule has 0 N–H and O–H groups in total. The number of carbonyl (C=O) groups is 2. The maximum Gasteiger partial charge on any atom is 0.234 e. The predicted molar refractivity (Wildman–Crippen MR) is 128 cm³/mol. The summed E-state index contributed by atoms with van der Waals surface area (Å²) >= 11 is 1.62. The lowest BCUT2D eigenvalue weighted by molar-refractivity contribution is 0.0817. The van der Waals surface area contributed by atoms with Gasteiger partial charge >= 0.3 is 0 Å². The summed E-state index contributed by atoms with van der Waals surface area (Å²) < 4.78 is 10.5. The molecule has 0 aliphatic carbocycles. The Labute approximate surface area is 191 Å². The molecule has 1 aromatic heterocycles. The van der Waals surface area contributed by atoms with Gasteiger partial charge in [0.15, 0.2) is 11.5 Å². The minimum absolute atomic E-state index is 0.254. The van der Waals surface area contributed by atoms with Crippen LogP contribution in [0, 0.1) is 6.92 Å². The predicted octanol–water partition coefficient (Wildman–Crippen LogP) is 6.47. The SMILES string of the molecule is COc1ccc(C(=O)C(=O)c2cccc(-c3cc(C)cs3)c2-c2ccccc2)cc1OC. The summed E-state index contributed by atoms with van der Waals surface area (Å²) in [4.78, 5) is 27.7. The van der Waals surface area contributed by atoms with Crippen molar-refractivity contribution in [2.24, 2.45) is 0 Å². The van der Waals surface area contributed by atoms with Crippen LogP contribution in [0.25, 0.3) is 21.6 Å². The first kappa shape index (κ1) is 21.5. The smallest absolute Gasteiger partial charge is 0.234 e. The highest BCUT2D eigenvalue weighted by atomic mass is 32.1. The minimum atomic E-state index is -0.595. The Kier molecular flexibility index (Phi) is 6.19. The van der Waals surface area contributed by atoms with Gasteiger partial charge in [-0.2, -0.15) is 0 Å². The van der Waals surface area contributed by atoms with Crippen molar-refractivity contribution in [2.75, 3.05) is 14.2 Å². The maximum absolute atomic E-state index is 13.5. The van der Waals surface area contributed by atoms with Crippen molar-refractivity contribution in [2.45, 2.75) is 6.92 Å². The van der Waals surface area contributed by atoms with E-state index in [-0.39, 0.29) is 5.56 Å². The van der Waals surface area contributed by atoms with Crippen molar-refractivity contribution in [3.05, 3.63) is 94.9 Å². The number of aryl methyl sites for hydroxylation is 1. The van der Waals surface area contributed by atoms with Gasteiger partial charge in [-0.25, -0.2) is 0 Å². The standard InChI is InChI=1S/C27H22O4S/c1-17-14-24(32-16-17)20-10-7-11-21(25(20)18-8-5-4-6-9-18)27(29)26(28)19-12-13-22(30-2)23(15-19)31-3/h4-16H,1-3H3. The summed E-state index contributed by atoms with van der Waals surface area (Å²) in [5, 5.41) is 2.08. The number of thiophene rings is 1. The van der Waals surface area contributed by atoms with Crippen molar-refractivity contribution in [1.29, 1.82) is 0 Å². The molecule has 0 fully saturated rings. The first-order valence-electron chi connectivity index (χ1n) is 10.1. The molecule has 0 radical (unpaired) electrons. The quantitative estimate of drug-likeness (QED) is 0.243. The van der Waals surface area contributed by atoms with Gasteiger partial charge in [-0.3, -0.25) is 9.59 Å². The molecular formula is C27H22O4S. The van der Waals surface area contributed by atoms with Gasteiger partial charge in [0.2, 0.25) is 11.6 Å². The molecule has 0 atom stereocenters. The Morgan fingerprint density at radius 1 is 0.781 bits per heavy atom. The zero-order valence-corrected chi connectivity index (χ0v) is 18.9. The summed E-state index contributed by atoms with van der Waals surface area (Å²) in [6.07, 6.45) is 0. The normalized spacial score (nSPS) is 10.6. The zero-order chi connectivity index (χ0) is 22.7. The molecule has 4 aromatic rings. The highest BCUT2D eigenvalue weighted by Gasteiger charge is 2.25. The lowest BCUT2D eigenvalue weighted by atomic mass is 9.89. The van der Waals surface area contributed by atoms with Crippen LogP contribution in [0.5, 0.6) is 11.5 Å². The lowest BCUT2D eigenvalue weighted by Crippen LogP contribution is -2.16.